The molecule has 4 rings (SSSR count). The SMILES string of the molecule is Cc1nccn1-c1ccc(COc2ccc(C3(C(N)=O)CCCC3)cc2)cc1. The van der Waals surface area contributed by atoms with Gasteiger partial charge in [-0.05, 0) is 55.2 Å². The fraction of sp³-hybridized carbons (Fsp3) is 0.304. The van der Waals surface area contributed by atoms with Gasteiger partial charge in [0.2, 0.25) is 5.91 Å². The number of ether oxygens (including phenoxy) is 1. The number of imidazole rings is 1. The van der Waals surface area contributed by atoms with Crippen LogP contribution in [0.1, 0.15) is 42.6 Å². The molecule has 0 bridgehead atoms. The number of hydrogen-bond donors (Lipinski definition) is 1. The molecule has 0 unspecified atom stereocenters. The number of hydrogen-bond acceptors (Lipinski definition) is 3. The van der Waals surface area contributed by atoms with Gasteiger partial charge in [0.05, 0.1) is 5.41 Å². The fourth-order valence-electron chi connectivity index (χ4n) is 4.10. The van der Waals surface area contributed by atoms with Crippen LogP contribution in [0.25, 0.3) is 5.69 Å². The summed E-state index contributed by atoms with van der Waals surface area (Å²) < 4.78 is 7.96. The number of amides is 1. The smallest absolute Gasteiger partial charge is 0.228 e. The van der Waals surface area contributed by atoms with Gasteiger partial charge in [0.25, 0.3) is 0 Å². The Morgan fingerprint density at radius 2 is 1.79 bits per heavy atom. The van der Waals surface area contributed by atoms with Crippen LogP contribution in [0.15, 0.2) is 60.9 Å². The molecule has 1 aliphatic rings. The van der Waals surface area contributed by atoms with Crippen LogP contribution in [0.5, 0.6) is 5.75 Å². The maximum absolute atomic E-state index is 12.0. The van der Waals surface area contributed by atoms with Gasteiger partial charge < -0.3 is 15.0 Å². The molecule has 5 nitrogen and oxygen atoms in total. The Bertz CT molecular complexity index is 952. The molecule has 0 spiro atoms. The number of carbonyl (C=O) groups is 1. The summed E-state index contributed by atoms with van der Waals surface area (Å²) in [5.74, 6) is 1.53. The van der Waals surface area contributed by atoms with E-state index in [0.717, 1.165) is 54.1 Å². The van der Waals surface area contributed by atoms with E-state index in [1.165, 1.54) is 0 Å². The maximum atomic E-state index is 12.0. The summed E-state index contributed by atoms with van der Waals surface area (Å²) in [4.78, 5) is 16.3. The van der Waals surface area contributed by atoms with E-state index in [0.29, 0.717) is 6.61 Å². The zero-order chi connectivity index (χ0) is 19.6. The molecule has 0 aliphatic heterocycles. The Morgan fingerprint density at radius 3 is 2.36 bits per heavy atom. The summed E-state index contributed by atoms with van der Waals surface area (Å²) in [6.45, 7) is 2.47. The van der Waals surface area contributed by atoms with Gasteiger partial charge in [-0.1, -0.05) is 37.1 Å². The number of nitrogens with zero attached hydrogens (tertiary/aromatic N) is 2. The van der Waals surface area contributed by atoms with Crippen molar-refractivity contribution >= 4 is 5.91 Å². The molecular weight excluding hydrogens is 350 g/mol. The van der Waals surface area contributed by atoms with E-state index in [4.69, 9.17) is 10.5 Å². The average molecular weight is 375 g/mol. The third-order valence-electron chi connectivity index (χ3n) is 5.78. The van der Waals surface area contributed by atoms with E-state index in [1.807, 2.05) is 42.0 Å². The molecule has 1 aliphatic carbocycles. The summed E-state index contributed by atoms with van der Waals surface area (Å²) in [6.07, 6.45) is 7.53. The van der Waals surface area contributed by atoms with E-state index in [2.05, 4.69) is 29.2 Å². The highest BCUT2D eigenvalue weighted by molar-refractivity contribution is 5.87. The van der Waals surface area contributed by atoms with Crippen LogP contribution in [0.2, 0.25) is 0 Å². The largest absolute Gasteiger partial charge is 0.489 e. The van der Waals surface area contributed by atoms with Crippen LogP contribution >= 0.6 is 0 Å². The third kappa shape index (κ3) is 3.40. The van der Waals surface area contributed by atoms with Crippen molar-refractivity contribution in [2.75, 3.05) is 0 Å². The first-order chi connectivity index (χ1) is 13.6. The van der Waals surface area contributed by atoms with Crippen molar-refractivity contribution in [3.63, 3.8) is 0 Å². The number of aromatic nitrogens is 2. The highest BCUT2D eigenvalue weighted by Gasteiger charge is 2.41. The van der Waals surface area contributed by atoms with Crippen LogP contribution in [0.4, 0.5) is 0 Å². The number of rotatable bonds is 6. The zero-order valence-electron chi connectivity index (χ0n) is 16.1. The predicted molar refractivity (Wildman–Crippen MR) is 108 cm³/mol. The van der Waals surface area contributed by atoms with Crippen molar-refractivity contribution in [2.45, 2.75) is 44.6 Å². The number of carbonyl (C=O) groups excluding carboxylic acids is 1. The maximum Gasteiger partial charge on any atom is 0.228 e. The molecule has 2 N–H and O–H groups in total. The minimum atomic E-state index is -0.500. The second-order valence-electron chi connectivity index (χ2n) is 7.48. The first kappa shape index (κ1) is 18.3. The van der Waals surface area contributed by atoms with Crippen LogP contribution < -0.4 is 10.5 Å². The van der Waals surface area contributed by atoms with Crippen molar-refractivity contribution in [1.29, 1.82) is 0 Å². The van der Waals surface area contributed by atoms with Crippen LogP contribution in [-0.2, 0) is 16.8 Å². The molecule has 1 amide bonds. The van der Waals surface area contributed by atoms with Gasteiger partial charge in [-0.25, -0.2) is 4.98 Å². The van der Waals surface area contributed by atoms with E-state index in [-0.39, 0.29) is 5.91 Å². The normalized spacial score (nSPS) is 15.5. The molecule has 0 atom stereocenters. The van der Waals surface area contributed by atoms with Crippen molar-refractivity contribution < 1.29 is 9.53 Å². The Kier molecular flexibility index (Phi) is 4.90. The van der Waals surface area contributed by atoms with Crippen molar-refractivity contribution in [3.8, 4) is 11.4 Å². The third-order valence-corrected chi connectivity index (χ3v) is 5.78. The predicted octanol–water partition coefficient (Wildman–Crippen LogP) is 4.06. The molecule has 1 heterocycles. The first-order valence-corrected chi connectivity index (χ1v) is 9.71. The van der Waals surface area contributed by atoms with Gasteiger partial charge in [0.1, 0.15) is 18.2 Å². The lowest BCUT2D eigenvalue weighted by Crippen LogP contribution is -2.38. The lowest BCUT2D eigenvalue weighted by Gasteiger charge is -2.25. The van der Waals surface area contributed by atoms with E-state index < -0.39 is 5.41 Å². The second-order valence-corrected chi connectivity index (χ2v) is 7.48. The summed E-state index contributed by atoms with van der Waals surface area (Å²) >= 11 is 0. The topological polar surface area (TPSA) is 70.1 Å². The van der Waals surface area contributed by atoms with Gasteiger partial charge in [0.15, 0.2) is 0 Å². The molecule has 1 saturated carbocycles. The number of aryl methyl sites for hydroxylation is 1. The summed E-state index contributed by atoms with van der Waals surface area (Å²) in [6, 6.07) is 16.1. The quantitative estimate of drug-likeness (QED) is 0.706. The minimum Gasteiger partial charge on any atom is -0.489 e. The monoisotopic (exact) mass is 375 g/mol. The Labute approximate surface area is 165 Å². The molecule has 5 heteroatoms. The standard InChI is InChI=1S/C23H25N3O2/c1-17-25-14-15-26(17)20-8-4-18(5-9-20)16-28-21-10-6-19(7-11-21)23(22(24)27)12-2-3-13-23/h4-11,14-15H,2-3,12-13,16H2,1H3,(H2,24,27). The van der Waals surface area contributed by atoms with Gasteiger partial charge in [-0.15, -0.1) is 0 Å². The van der Waals surface area contributed by atoms with Crippen molar-refractivity contribution in [2.24, 2.45) is 5.73 Å². The molecular formula is C23H25N3O2. The molecule has 1 fully saturated rings. The van der Waals surface area contributed by atoms with Crippen molar-refractivity contribution in [1.82, 2.24) is 9.55 Å². The Morgan fingerprint density at radius 1 is 1.11 bits per heavy atom. The molecule has 1 aromatic heterocycles. The summed E-state index contributed by atoms with van der Waals surface area (Å²) in [5.41, 5.74) is 8.40. The molecule has 2 aromatic carbocycles. The fourth-order valence-corrected chi connectivity index (χ4v) is 4.10. The molecule has 28 heavy (non-hydrogen) atoms. The van der Waals surface area contributed by atoms with Gasteiger partial charge in [-0.2, -0.15) is 0 Å². The molecule has 0 saturated heterocycles. The van der Waals surface area contributed by atoms with Gasteiger partial charge in [-0.3, -0.25) is 4.79 Å². The van der Waals surface area contributed by atoms with Crippen molar-refractivity contribution in [3.05, 3.63) is 77.9 Å². The molecule has 0 radical (unpaired) electrons. The highest BCUT2D eigenvalue weighted by atomic mass is 16.5. The number of nitrogens with two attached hydrogens (primary N) is 1. The van der Waals surface area contributed by atoms with Gasteiger partial charge >= 0.3 is 0 Å². The van der Waals surface area contributed by atoms with Crippen LogP contribution in [0.3, 0.4) is 0 Å². The second kappa shape index (κ2) is 7.50. The zero-order valence-corrected chi connectivity index (χ0v) is 16.1. The first-order valence-electron chi connectivity index (χ1n) is 9.71. The van der Waals surface area contributed by atoms with E-state index in [1.54, 1.807) is 6.20 Å². The molecule has 3 aromatic rings. The Hall–Kier alpha value is -3.08. The van der Waals surface area contributed by atoms with E-state index in [9.17, 15) is 4.79 Å². The average Bonchev–Trinajstić information content (AvgIpc) is 3.37. The summed E-state index contributed by atoms with van der Waals surface area (Å²) in [5, 5.41) is 0. The Balaban J connectivity index is 1.41. The van der Waals surface area contributed by atoms with Crippen LogP contribution in [0, 0.1) is 6.92 Å². The number of primary amides is 1. The van der Waals surface area contributed by atoms with Crippen LogP contribution in [-0.4, -0.2) is 15.5 Å². The lowest BCUT2D eigenvalue weighted by atomic mass is 9.78. The minimum absolute atomic E-state index is 0.216. The highest BCUT2D eigenvalue weighted by Crippen LogP contribution is 2.41. The lowest BCUT2D eigenvalue weighted by molar-refractivity contribution is -0.123. The van der Waals surface area contributed by atoms with E-state index >= 15 is 0 Å². The molecule has 144 valence electrons. The summed E-state index contributed by atoms with van der Waals surface area (Å²) in [7, 11) is 0. The number of benzene rings is 2. The van der Waals surface area contributed by atoms with Gasteiger partial charge in [0, 0.05) is 18.1 Å².